The Hall–Kier alpha value is -1.59. The molecule has 0 saturated carbocycles. The minimum Gasteiger partial charge on any atom is -0.478 e. The predicted molar refractivity (Wildman–Crippen MR) is 65.3 cm³/mol. The van der Waals surface area contributed by atoms with E-state index in [9.17, 15) is 9.59 Å². The number of aromatic carboxylic acids is 1. The van der Waals surface area contributed by atoms with E-state index in [1.807, 2.05) is 0 Å². The van der Waals surface area contributed by atoms with E-state index in [0.717, 1.165) is 0 Å². The van der Waals surface area contributed by atoms with Crippen LogP contribution in [0.15, 0.2) is 18.2 Å². The Morgan fingerprint density at radius 2 is 2.18 bits per heavy atom. The molecule has 1 aromatic rings. The SMILES string of the molecule is CC[C@H](N)C(=O)Nc1cccc(Cl)c1C(=O)O. The van der Waals surface area contributed by atoms with Crippen molar-refractivity contribution >= 4 is 29.2 Å². The van der Waals surface area contributed by atoms with Crippen molar-refractivity contribution in [1.82, 2.24) is 0 Å². The highest BCUT2D eigenvalue weighted by Gasteiger charge is 2.18. The summed E-state index contributed by atoms with van der Waals surface area (Å²) in [4.78, 5) is 22.6. The number of hydrogen-bond acceptors (Lipinski definition) is 3. The number of carbonyl (C=O) groups excluding carboxylic acids is 1. The van der Waals surface area contributed by atoms with Crippen molar-refractivity contribution in [3.05, 3.63) is 28.8 Å². The van der Waals surface area contributed by atoms with Crippen molar-refractivity contribution in [2.45, 2.75) is 19.4 Å². The molecule has 1 amide bonds. The topological polar surface area (TPSA) is 92.4 Å². The van der Waals surface area contributed by atoms with Crippen LogP contribution in [0.3, 0.4) is 0 Å². The molecule has 1 atom stereocenters. The fourth-order valence-corrected chi connectivity index (χ4v) is 1.51. The van der Waals surface area contributed by atoms with Gasteiger partial charge in [-0.2, -0.15) is 0 Å². The van der Waals surface area contributed by atoms with Crippen LogP contribution in [0.1, 0.15) is 23.7 Å². The number of nitrogens with two attached hydrogens (primary N) is 1. The summed E-state index contributed by atoms with van der Waals surface area (Å²) in [6.45, 7) is 1.76. The van der Waals surface area contributed by atoms with Crippen LogP contribution in [-0.2, 0) is 4.79 Å². The van der Waals surface area contributed by atoms with Gasteiger partial charge in [-0.15, -0.1) is 0 Å². The minimum absolute atomic E-state index is 0.0698. The molecule has 0 saturated heterocycles. The van der Waals surface area contributed by atoms with Gasteiger partial charge in [0.05, 0.1) is 16.8 Å². The monoisotopic (exact) mass is 256 g/mol. The van der Waals surface area contributed by atoms with Crippen molar-refractivity contribution in [2.75, 3.05) is 5.32 Å². The Bertz CT molecular complexity index is 448. The van der Waals surface area contributed by atoms with Crippen LogP contribution in [-0.4, -0.2) is 23.0 Å². The standard InChI is InChI=1S/C11H13ClN2O3/c1-2-7(13)10(15)14-8-5-3-4-6(12)9(8)11(16)17/h3-5,7H,2,13H2,1H3,(H,14,15)(H,16,17)/t7-/m0/s1. The largest absolute Gasteiger partial charge is 0.478 e. The molecular weight excluding hydrogens is 244 g/mol. The molecule has 0 aliphatic carbocycles. The number of carboxylic acid groups (broad SMARTS) is 1. The van der Waals surface area contributed by atoms with E-state index in [4.69, 9.17) is 22.4 Å². The number of nitrogens with one attached hydrogen (secondary N) is 1. The molecule has 4 N–H and O–H groups in total. The van der Waals surface area contributed by atoms with Gasteiger partial charge in [-0.05, 0) is 18.6 Å². The van der Waals surface area contributed by atoms with Crippen molar-refractivity contribution in [1.29, 1.82) is 0 Å². The molecule has 0 fully saturated rings. The number of benzene rings is 1. The van der Waals surface area contributed by atoms with Gasteiger partial charge in [0, 0.05) is 0 Å². The van der Waals surface area contributed by atoms with Crippen molar-refractivity contribution in [3.8, 4) is 0 Å². The third-order valence-electron chi connectivity index (χ3n) is 2.26. The van der Waals surface area contributed by atoms with Gasteiger partial charge in [0.25, 0.3) is 0 Å². The Labute approximate surface area is 104 Å². The Morgan fingerprint density at radius 1 is 1.53 bits per heavy atom. The third kappa shape index (κ3) is 3.18. The second-order valence-corrected chi connectivity index (χ2v) is 3.88. The van der Waals surface area contributed by atoms with Crippen molar-refractivity contribution in [2.24, 2.45) is 5.73 Å². The molecule has 0 aliphatic rings. The summed E-state index contributed by atoms with van der Waals surface area (Å²) < 4.78 is 0. The molecule has 1 aromatic carbocycles. The molecule has 0 unspecified atom stereocenters. The molecule has 1 rings (SSSR count). The fraction of sp³-hybridized carbons (Fsp3) is 0.273. The number of amides is 1. The normalized spacial score (nSPS) is 11.9. The van der Waals surface area contributed by atoms with Gasteiger partial charge >= 0.3 is 5.97 Å². The lowest BCUT2D eigenvalue weighted by atomic mass is 10.1. The fourth-order valence-electron chi connectivity index (χ4n) is 1.26. The van der Waals surface area contributed by atoms with Gasteiger partial charge in [0.2, 0.25) is 5.91 Å². The summed E-state index contributed by atoms with van der Waals surface area (Å²) in [5.41, 5.74) is 5.55. The first-order valence-corrected chi connectivity index (χ1v) is 5.43. The van der Waals surface area contributed by atoms with Crippen LogP contribution >= 0.6 is 11.6 Å². The van der Waals surface area contributed by atoms with E-state index in [1.54, 1.807) is 13.0 Å². The molecule has 0 spiro atoms. The predicted octanol–water partition coefficient (Wildman–Crippen LogP) is 1.71. The summed E-state index contributed by atoms with van der Waals surface area (Å²) in [6.07, 6.45) is 0.467. The van der Waals surface area contributed by atoms with Gasteiger partial charge in [-0.3, -0.25) is 4.79 Å². The van der Waals surface area contributed by atoms with Crippen LogP contribution < -0.4 is 11.1 Å². The first-order valence-electron chi connectivity index (χ1n) is 5.05. The van der Waals surface area contributed by atoms with Crippen LogP contribution in [0.25, 0.3) is 0 Å². The van der Waals surface area contributed by atoms with Crippen LogP contribution in [0.5, 0.6) is 0 Å². The summed E-state index contributed by atoms with van der Waals surface area (Å²) in [6, 6.07) is 3.80. The zero-order chi connectivity index (χ0) is 13.0. The van der Waals surface area contributed by atoms with E-state index in [0.29, 0.717) is 6.42 Å². The Balaban J connectivity index is 3.03. The molecule has 5 nitrogen and oxygen atoms in total. The molecule has 0 heterocycles. The van der Waals surface area contributed by atoms with Gasteiger partial charge in [-0.1, -0.05) is 24.6 Å². The van der Waals surface area contributed by atoms with E-state index >= 15 is 0 Å². The highest BCUT2D eigenvalue weighted by molar-refractivity contribution is 6.34. The summed E-state index contributed by atoms with van der Waals surface area (Å²) >= 11 is 5.76. The number of rotatable bonds is 4. The first-order chi connectivity index (χ1) is 7.97. The lowest BCUT2D eigenvalue weighted by molar-refractivity contribution is -0.117. The number of carboxylic acids is 1. The smallest absolute Gasteiger partial charge is 0.339 e. The average molecular weight is 257 g/mol. The number of carbonyl (C=O) groups is 2. The molecule has 17 heavy (non-hydrogen) atoms. The van der Waals surface area contributed by atoms with Gasteiger partial charge < -0.3 is 16.2 Å². The highest BCUT2D eigenvalue weighted by Crippen LogP contribution is 2.24. The molecule has 0 aromatic heterocycles. The second-order valence-electron chi connectivity index (χ2n) is 3.47. The maximum atomic E-state index is 11.6. The molecule has 0 aliphatic heterocycles. The van der Waals surface area contributed by atoms with E-state index in [1.165, 1.54) is 12.1 Å². The quantitative estimate of drug-likeness (QED) is 0.765. The van der Waals surface area contributed by atoms with Crippen molar-refractivity contribution < 1.29 is 14.7 Å². The van der Waals surface area contributed by atoms with E-state index in [2.05, 4.69) is 5.32 Å². The lowest BCUT2D eigenvalue weighted by Gasteiger charge is -2.12. The molecule has 0 bridgehead atoms. The van der Waals surface area contributed by atoms with E-state index < -0.39 is 17.9 Å². The minimum atomic E-state index is -1.20. The summed E-state index contributed by atoms with van der Waals surface area (Å²) in [5, 5.41) is 11.5. The summed E-state index contributed by atoms with van der Waals surface area (Å²) in [7, 11) is 0. The zero-order valence-corrected chi connectivity index (χ0v) is 9.99. The van der Waals surface area contributed by atoms with Gasteiger partial charge in [0.1, 0.15) is 5.56 Å². The molecule has 0 radical (unpaired) electrons. The molecule has 6 heteroatoms. The zero-order valence-electron chi connectivity index (χ0n) is 9.24. The highest BCUT2D eigenvalue weighted by atomic mass is 35.5. The van der Waals surface area contributed by atoms with Crippen molar-refractivity contribution in [3.63, 3.8) is 0 Å². The molecular formula is C11H13ClN2O3. The van der Waals surface area contributed by atoms with Crippen LogP contribution in [0, 0.1) is 0 Å². The van der Waals surface area contributed by atoms with Gasteiger partial charge in [0.15, 0.2) is 0 Å². The number of halogens is 1. The van der Waals surface area contributed by atoms with Crippen LogP contribution in [0.4, 0.5) is 5.69 Å². The maximum Gasteiger partial charge on any atom is 0.339 e. The van der Waals surface area contributed by atoms with Crippen LogP contribution in [0.2, 0.25) is 5.02 Å². The first kappa shape index (κ1) is 13.5. The number of anilines is 1. The Kier molecular flexibility index (Phi) is 4.48. The maximum absolute atomic E-state index is 11.6. The third-order valence-corrected chi connectivity index (χ3v) is 2.58. The lowest BCUT2D eigenvalue weighted by Crippen LogP contribution is -2.35. The average Bonchev–Trinajstić information content (AvgIpc) is 2.27. The van der Waals surface area contributed by atoms with E-state index in [-0.39, 0.29) is 16.3 Å². The second kappa shape index (κ2) is 5.65. The summed E-state index contributed by atoms with van der Waals surface area (Å²) in [5.74, 6) is -1.63. The Morgan fingerprint density at radius 3 is 2.71 bits per heavy atom. The molecule has 92 valence electrons. The van der Waals surface area contributed by atoms with Gasteiger partial charge in [-0.25, -0.2) is 4.79 Å². The number of hydrogen-bond donors (Lipinski definition) is 3.